The van der Waals surface area contributed by atoms with Crippen LogP contribution >= 0.6 is 0 Å². The molecule has 0 saturated carbocycles. The molecule has 2 aromatic rings. The predicted octanol–water partition coefficient (Wildman–Crippen LogP) is 2.92. The van der Waals surface area contributed by atoms with Crippen molar-refractivity contribution >= 4 is 23.4 Å². The van der Waals surface area contributed by atoms with E-state index in [2.05, 4.69) is 10.6 Å². The molecule has 9 nitrogen and oxygen atoms in total. The van der Waals surface area contributed by atoms with E-state index in [9.17, 15) is 19.5 Å². The molecule has 214 valence electrons. The van der Waals surface area contributed by atoms with Crippen LogP contribution in [-0.2, 0) is 25.5 Å². The van der Waals surface area contributed by atoms with Crippen LogP contribution in [0.25, 0.3) is 0 Å². The van der Waals surface area contributed by atoms with E-state index >= 15 is 0 Å². The molecule has 9 heteroatoms. The molecule has 3 amide bonds. The lowest BCUT2D eigenvalue weighted by molar-refractivity contribution is -0.149. The highest BCUT2D eigenvalue weighted by Gasteiger charge is 2.78. The molecule has 3 fully saturated rings. The zero-order valence-corrected chi connectivity index (χ0v) is 23.6. The highest BCUT2D eigenvalue weighted by atomic mass is 16.5. The molecule has 3 heterocycles. The Hall–Kier alpha value is -3.43. The van der Waals surface area contributed by atoms with Crippen LogP contribution in [0.1, 0.15) is 46.1 Å². The van der Waals surface area contributed by atoms with Gasteiger partial charge in [-0.3, -0.25) is 14.4 Å². The Morgan fingerprint density at radius 1 is 1.10 bits per heavy atom. The van der Waals surface area contributed by atoms with Gasteiger partial charge in [0.15, 0.2) is 0 Å². The zero-order valence-electron chi connectivity index (χ0n) is 23.6. The van der Waals surface area contributed by atoms with E-state index in [1.807, 2.05) is 58.0 Å². The predicted molar refractivity (Wildman–Crippen MR) is 150 cm³/mol. The second-order valence-corrected chi connectivity index (χ2v) is 11.6. The molecule has 2 aromatic carbocycles. The average molecular weight is 550 g/mol. The van der Waals surface area contributed by atoms with Crippen molar-refractivity contribution in [2.24, 2.45) is 11.8 Å². The van der Waals surface area contributed by atoms with Crippen LogP contribution in [0, 0.1) is 11.8 Å². The first-order valence-electron chi connectivity index (χ1n) is 14.1. The van der Waals surface area contributed by atoms with Gasteiger partial charge in [-0.25, -0.2) is 0 Å². The number of amides is 3. The van der Waals surface area contributed by atoms with Gasteiger partial charge in [0.05, 0.1) is 36.7 Å². The Labute approximate surface area is 235 Å². The number of ether oxygens (including phenoxy) is 2. The molecular formula is C31H39N3O6. The molecule has 6 atom stereocenters. The molecule has 2 bridgehead atoms. The minimum absolute atomic E-state index is 0.158. The van der Waals surface area contributed by atoms with Gasteiger partial charge in [0.2, 0.25) is 17.7 Å². The molecule has 3 saturated heterocycles. The highest BCUT2D eigenvalue weighted by Crippen LogP contribution is 2.63. The fraction of sp³-hybridized carbons (Fsp3) is 0.516. The van der Waals surface area contributed by atoms with Gasteiger partial charge in [-0.05, 0) is 76.8 Å². The molecule has 0 aliphatic carbocycles. The van der Waals surface area contributed by atoms with Gasteiger partial charge in [-0.15, -0.1) is 0 Å². The molecule has 5 rings (SSSR count). The number of aliphatic hydroxyl groups excluding tert-OH is 1. The molecule has 2 unspecified atom stereocenters. The van der Waals surface area contributed by atoms with Crippen LogP contribution in [0.2, 0.25) is 0 Å². The summed E-state index contributed by atoms with van der Waals surface area (Å²) in [5, 5.41) is 16.4. The summed E-state index contributed by atoms with van der Waals surface area (Å²) in [7, 11) is 0. The maximum Gasteiger partial charge on any atom is 0.246 e. The first kappa shape index (κ1) is 28.1. The van der Waals surface area contributed by atoms with Gasteiger partial charge >= 0.3 is 0 Å². The summed E-state index contributed by atoms with van der Waals surface area (Å²) in [6.07, 6.45) is 1.39. The summed E-state index contributed by atoms with van der Waals surface area (Å²) in [5.74, 6) is -1.91. The Kier molecular flexibility index (Phi) is 7.63. The summed E-state index contributed by atoms with van der Waals surface area (Å²) < 4.78 is 12.2. The summed E-state index contributed by atoms with van der Waals surface area (Å²) in [6.45, 7) is 7.71. The maximum absolute atomic E-state index is 14.3. The Bertz CT molecular complexity index is 1250. The Balaban J connectivity index is 1.49. The quantitative estimate of drug-likeness (QED) is 0.420. The maximum atomic E-state index is 14.3. The lowest BCUT2D eigenvalue weighted by Crippen LogP contribution is -2.59. The number of nitrogens with one attached hydrogen (secondary N) is 2. The van der Waals surface area contributed by atoms with Crippen molar-refractivity contribution in [2.75, 3.05) is 18.5 Å². The van der Waals surface area contributed by atoms with Crippen molar-refractivity contribution in [3.63, 3.8) is 0 Å². The van der Waals surface area contributed by atoms with Gasteiger partial charge in [-0.2, -0.15) is 0 Å². The molecule has 0 aromatic heterocycles. The number of carbonyl (C=O) groups is 3. The highest BCUT2D eigenvalue weighted by molar-refractivity contribution is 6.02. The number of likely N-dealkylation sites (tertiary alicyclic amines) is 1. The van der Waals surface area contributed by atoms with E-state index in [-0.39, 0.29) is 30.4 Å². The van der Waals surface area contributed by atoms with Gasteiger partial charge in [-0.1, -0.05) is 30.3 Å². The number of fused-ring (bicyclic) bond motifs is 1. The fourth-order valence-electron chi connectivity index (χ4n) is 6.98. The normalized spacial score (nSPS) is 29.4. The largest absolute Gasteiger partial charge is 0.494 e. The fourth-order valence-corrected chi connectivity index (χ4v) is 6.98. The minimum atomic E-state index is -1.16. The molecule has 3 aliphatic heterocycles. The second kappa shape index (κ2) is 10.9. The third-order valence-corrected chi connectivity index (χ3v) is 8.53. The van der Waals surface area contributed by atoms with Crippen molar-refractivity contribution in [2.45, 2.75) is 76.3 Å². The number of aliphatic hydroxyl groups is 1. The van der Waals surface area contributed by atoms with Crippen LogP contribution in [0.3, 0.4) is 0 Å². The summed E-state index contributed by atoms with van der Waals surface area (Å²) in [4.78, 5) is 43.5. The average Bonchev–Trinajstić information content (AvgIpc) is 3.49. The number of anilines is 1. The van der Waals surface area contributed by atoms with Gasteiger partial charge < -0.3 is 30.1 Å². The van der Waals surface area contributed by atoms with Gasteiger partial charge in [0.1, 0.15) is 17.4 Å². The van der Waals surface area contributed by atoms with E-state index in [0.29, 0.717) is 37.3 Å². The van der Waals surface area contributed by atoms with Gasteiger partial charge in [0, 0.05) is 11.7 Å². The van der Waals surface area contributed by atoms with Crippen LogP contribution in [-0.4, -0.2) is 70.3 Å². The van der Waals surface area contributed by atoms with Gasteiger partial charge in [0.25, 0.3) is 0 Å². The number of carbonyl (C=O) groups excluding carboxylic acids is 3. The molecule has 0 radical (unpaired) electrons. The number of rotatable bonds is 10. The Morgan fingerprint density at radius 3 is 2.42 bits per heavy atom. The first-order valence-corrected chi connectivity index (χ1v) is 14.1. The van der Waals surface area contributed by atoms with Crippen molar-refractivity contribution in [1.82, 2.24) is 10.2 Å². The monoisotopic (exact) mass is 549 g/mol. The lowest BCUT2D eigenvalue weighted by atomic mass is 9.66. The Morgan fingerprint density at radius 2 is 1.80 bits per heavy atom. The molecule has 40 heavy (non-hydrogen) atoms. The number of benzene rings is 2. The topological polar surface area (TPSA) is 117 Å². The van der Waals surface area contributed by atoms with E-state index in [1.165, 1.54) is 4.90 Å². The van der Waals surface area contributed by atoms with Crippen LogP contribution < -0.4 is 15.4 Å². The smallest absolute Gasteiger partial charge is 0.246 e. The second-order valence-electron chi connectivity index (χ2n) is 11.6. The molecular weight excluding hydrogens is 510 g/mol. The third kappa shape index (κ3) is 4.75. The van der Waals surface area contributed by atoms with Crippen molar-refractivity contribution in [1.29, 1.82) is 0 Å². The molecule has 1 spiro atoms. The summed E-state index contributed by atoms with van der Waals surface area (Å²) >= 11 is 0. The standard InChI is InChI=1S/C31H39N3O6/c1-5-39-23-13-11-21(12-14-23)33-27(36)24-25-29(38)34(22(18-35)17-20-9-7-6-8-10-20)26(28(37)32-19(2)3)31(25)16-15-30(24,4)40-31/h6-14,19,22,24-26,35H,5,15-18H2,1-4H3,(H,32,37)(H,33,36)/t22-,24+,25+,26?,30-,31?/m1/s1. The lowest BCUT2D eigenvalue weighted by Gasteiger charge is -2.37. The van der Waals surface area contributed by atoms with Crippen molar-refractivity contribution in [3.05, 3.63) is 60.2 Å². The molecule has 3 aliphatic rings. The third-order valence-electron chi connectivity index (χ3n) is 8.53. The molecule has 3 N–H and O–H groups in total. The summed E-state index contributed by atoms with van der Waals surface area (Å²) in [6, 6.07) is 14.9. The SMILES string of the molecule is CCOc1ccc(NC(=O)[C@@H]2[C@H]3C(=O)N([C@@H](CO)Cc4ccccc4)C(C(=O)NC(C)C)C34CC[C@@]2(C)O4)cc1. The zero-order chi connectivity index (χ0) is 28.7. The minimum Gasteiger partial charge on any atom is -0.494 e. The number of hydrogen-bond acceptors (Lipinski definition) is 6. The number of nitrogens with zero attached hydrogens (tertiary/aromatic N) is 1. The van der Waals surface area contributed by atoms with Crippen molar-refractivity contribution in [3.8, 4) is 5.75 Å². The van der Waals surface area contributed by atoms with E-state index in [1.54, 1.807) is 24.3 Å². The first-order chi connectivity index (χ1) is 19.1. The number of hydrogen-bond donors (Lipinski definition) is 3. The van der Waals surface area contributed by atoms with Crippen LogP contribution in [0.15, 0.2) is 54.6 Å². The summed E-state index contributed by atoms with van der Waals surface area (Å²) in [5.41, 5.74) is -0.529. The van der Waals surface area contributed by atoms with E-state index in [0.717, 1.165) is 5.56 Å². The van der Waals surface area contributed by atoms with Crippen molar-refractivity contribution < 1.29 is 29.0 Å². The van der Waals surface area contributed by atoms with Crippen LogP contribution in [0.4, 0.5) is 5.69 Å². The van der Waals surface area contributed by atoms with E-state index < -0.39 is 35.1 Å². The van der Waals surface area contributed by atoms with Crippen LogP contribution in [0.5, 0.6) is 5.75 Å². The van der Waals surface area contributed by atoms with E-state index in [4.69, 9.17) is 9.47 Å².